The summed E-state index contributed by atoms with van der Waals surface area (Å²) in [5, 5.41) is 0. The van der Waals surface area contributed by atoms with E-state index in [2.05, 4.69) is 9.62 Å². The van der Waals surface area contributed by atoms with Gasteiger partial charge in [0.15, 0.2) is 0 Å². The van der Waals surface area contributed by atoms with Crippen LogP contribution in [-0.2, 0) is 10.0 Å². The molecule has 1 unspecified atom stereocenters. The summed E-state index contributed by atoms with van der Waals surface area (Å²) in [7, 11) is -3.64. The molecule has 0 bridgehead atoms. The molecule has 1 saturated carbocycles. The molecule has 3 N–H and O–H groups in total. The minimum Gasteiger partial charge on any atom is -0.396 e. The fourth-order valence-corrected chi connectivity index (χ4v) is 3.93. The van der Waals surface area contributed by atoms with E-state index in [0.717, 1.165) is 31.6 Å². The molecular weight excluding hydrogens is 281 g/mol. The maximum absolute atomic E-state index is 13.1. The Kier molecular flexibility index (Phi) is 3.43. The molecule has 1 aromatic carbocycles. The zero-order valence-corrected chi connectivity index (χ0v) is 11.9. The maximum atomic E-state index is 13.1. The largest absolute Gasteiger partial charge is 0.396 e. The molecule has 7 heteroatoms. The third-order valence-corrected chi connectivity index (χ3v) is 5.40. The molecule has 1 aliphatic carbocycles. The Bertz CT molecular complexity index is 616. The number of nitrogens with zero attached hydrogens (tertiary/aromatic N) is 1. The quantitative estimate of drug-likeness (QED) is 0.811. The normalized spacial score (nSPS) is 24.1. The van der Waals surface area contributed by atoms with Gasteiger partial charge in [0.25, 0.3) is 0 Å². The number of nitrogen functional groups attached to an aromatic ring is 1. The highest BCUT2D eigenvalue weighted by atomic mass is 32.2. The van der Waals surface area contributed by atoms with E-state index in [-0.39, 0.29) is 16.6 Å². The van der Waals surface area contributed by atoms with Gasteiger partial charge in [-0.15, -0.1) is 0 Å². The summed E-state index contributed by atoms with van der Waals surface area (Å²) >= 11 is 0. The lowest BCUT2D eigenvalue weighted by Gasteiger charge is -2.16. The molecular formula is C13H18FN3O2S. The first-order chi connectivity index (χ1) is 9.45. The third-order valence-electron chi connectivity index (χ3n) is 3.88. The fourth-order valence-electron chi connectivity index (χ4n) is 2.63. The average molecular weight is 299 g/mol. The van der Waals surface area contributed by atoms with Crippen molar-refractivity contribution in [2.75, 3.05) is 18.8 Å². The molecule has 1 heterocycles. The second kappa shape index (κ2) is 4.98. The molecule has 1 atom stereocenters. The van der Waals surface area contributed by atoms with E-state index in [4.69, 9.17) is 5.73 Å². The predicted molar refractivity (Wildman–Crippen MR) is 74.1 cm³/mol. The molecule has 0 aromatic heterocycles. The zero-order chi connectivity index (χ0) is 14.3. The highest BCUT2D eigenvalue weighted by Gasteiger charge is 2.35. The van der Waals surface area contributed by atoms with Crippen molar-refractivity contribution >= 4 is 15.7 Å². The van der Waals surface area contributed by atoms with Crippen molar-refractivity contribution in [2.45, 2.75) is 36.2 Å². The minimum absolute atomic E-state index is 0.0151. The second-order valence-electron chi connectivity index (χ2n) is 5.52. The highest BCUT2D eigenvalue weighted by molar-refractivity contribution is 7.89. The topological polar surface area (TPSA) is 75.4 Å². The Morgan fingerprint density at radius 1 is 1.30 bits per heavy atom. The van der Waals surface area contributed by atoms with Crippen molar-refractivity contribution < 1.29 is 12.8 Å². The highest BCUT2D eigenvalue weighted by Crippen LogP contribution is 2.30. The van der Waals surface area contributed by atoms with Crippen molar-refractivity contribution in [3.63, 3.8) is 0 Å². The van der Waals surface area contributed by atoms with Gasteiger partial charge in [0, 0.05) is 25.2 Å². The van der Waals surface area contributed by atoms with Crippen molar-refractivity contribution in [3.05, 3.63) is 24.0 Å². The standard InChI is InChI=1S/C13H18FN3O2S/c14-12-4-3-11(7-13(12)15)20(18,19)16-9-5-6-17(8-9)10-1-2-10/h3-4,7,9-10,16H,1-2,5-6,8,15H2. The number of nitrogens with one attached hydrogen (secondary N) is 1. The molecule has 1 saturated heterocycles. The molecule has 0 amide bonds. The van der Waals surface area contributed by atoms with Crippen LogP contribution in [-0.4, -0.2) is 38.5 Å². The van der Waals surface area contributed by atoms with E-state index in [1.54, 1.807) is 0 Å². The Balaban J connectivity index is 1.70. The third kappa shape index (κ3) is 2.79. The summed E-state index contributed by atoms with van der Waals surface area (Å²) in [6.07, 6.45) is 3.24. The van der Waals surface area contributed by atoms with Gasteiger partial charge in [-0.2, -0.15) is 0 Å². The number of nitrogens with two attached hydrogens (primary N) is 1. The molecule has 0 spiro atoms. The molecule has 1 aliphatic heterocycles. The Hall–Kier alpha value is -1.18. The lowest BCUT2D eigenvalue weighted by Crippen LogP contribution is -2.37. The second-order valence-corrected chi connectivity index (χ2v) is 7.23. The van der Waals surface area contributed by atoms with Crippen LogP contribution in [0.2, 0.25) is 0 Å². The SMILES string of the molecule is Nc1cc(S(=O)(=O)NC2CCN(C3CC3)C2)ccc1F. The van der Waals surface area contributed by atoms with Crippen LogP contribution in [0.5, 0.6) is 0 Å². The maximum Gasteiger partial charge on any atom is 0.240 e. The van der Waals surface area contributed by atoms with E-state index in [9.17, 15) is 12.8 Å². The number of benzene rings is 1. The lowest BCUT2D eigenvalue weighted by molar-refractivity contribution is 0.322. The summed E-state index contributed by atoms with van der Waals surface area (Å²) in [4.78, 5) is 2.34. The summed E-state index contributed by atoms with van der Waals surface area (Å²) < 4.78 is 40.2. The Labute approximate surface area is 118 Å². The van der Waals surface area contributed by atoms with Crippen molar-refractivity contribution in [2.24, 2.45) is 0 Å². The van der Waals surface area contributed by atoms with Gasteiger partial charge in [-0.05, 0) is 37.5 Å². The first-order valence-corrected chi connectivity index (χ1v) is 8.25. The van der Waals surface area contributed by atoms with E-state index in [0.29, 0.717) is 6.04 Å². The summed E-state index contributed by atoms with van der Waals surface area (Å²) in [6, 6.07) is 4.04. The molecule has 2 fully saturated rings. The molecule has 0 radical (unpaired) electrons. The number of anilines is 1. The van der Waals surface area contributed by atoms with E-state index in [1.165, 1.54) is 18.9 Å². The molecule has 3 rings (SSSR count). The summed E-state index contributed by atoms with van der Waals surface area (Å²) in [5.41, 5.74) is 5.27. The van der Waals surface area contributed by atoms with Crippen LogP contribution in [0.25, 0.3) is 0 Å². The summed E-state index contributed by atoms with van der Waals surface area (Å²) in [6.45, 7) is 1.68. The fraction of sp³-hybridized carbons (Fsp3) is 0.538. The van der Waals surface area contributed by atoms with Gasteiger partial charge in [-0.25, -0.2) is 17.5 Å². The molecule has 20 heavy (non-hydrogen) atoms. The van der Waals surface area contributed by atoms with Crippen molar-refractivity contribution in [1.29, 1.82) is 0 Å². The van der Waals surface area contributed by atoms with Gasteiger partial charge in [-0.1, -0.05) is 0 Å². The van der Waals surface area contributed by atoms with E-state index < -0.39 is 15.8 Å². The number of likely N-dealkylation sites (tertiary alicyclic amines) is 1. The van der Waals surface area contributed by atoms with Crippen LogP contribution in [0.4, 0.5) is 10.1 Å². The monoisotopic (exact) mass is 299 g/mol. The van der Waals surface area contributed by atoms with Gasteiger partial charge in [0.1, 0.15) is 5.82 Å². The van der Waals surface area contributed by atoms with E-state index >= 15 is 0 Å². The van der Waals surface area contributed by atoms with Crippen molar-refractivity contribution in [1.82, 2.24) is 9.62 Å². The minimum atomic E-state index is -3.64. The number of rotatable bonds is 4. The Morgan fingerprint density at radius 3 is 2.70 bits per heavy atom. The van der Waals surface area contributed by atoms with Gasteiger partial charge >= 0.3 is 0 Å². The molecule has 1 aromatic rings. The average Bonchev–Trinajstić information content (AvgIpc) is 3.14. The predicted octanol–water partition coefficient (Wildman–Crippen LogP) is 0.923. The Morgan fingerprint density at radius 2 is 2.05 bits per heavy atom. The first-order valence-electron chi connectivity index (χ1n) is 6.77. The van der Waals surface area contributed by atoms with Crippen LogP contribution < -0.4 is 10.5 Å². The van der Waals surface area contributed by atoms with E-state index in [1.807, 2.05) is 0 Å². The molecule has 5 nitrogen and oxygen atoms in total. The molecule has 110 valence electrons. The van der Waals surface area contributed by atoms with Crippen LogP contribution in [0.1, 0.15) is 19.3 Å². The number of hydrogen-bond acceptors (Lipinski definition) is 4. The van der Waals surface area contributed by atoms with Crippen LogP contribution in [0.15, 0.2) is 23.1 Å². The summed E-state index contributed by atoms with van der Waals surface area (Å²) in [5.74, 6) is -0.607. The van der Waals surface area contributed by atoms with Crippen LogP contribution in [0.3, 0.4) is 0 Å². The number of sulfonamides is 1. The van der Waals surface area contributed by atoms with Crippen molar-refractivity contribution in [3.8, 4) is 0 Å². The van der Waals surface area contributed by atoms with Gasteiger partial charge in [-0.3, -0.25) is 4.90 Å². The number of hydrogen-bond donors (Lipinski definition) is 2. The van der Waals surface area contributed by atoms with Gasteiger partial charge in [0.2, 0.25) is 10.0 Å². The van der Waals surface area contributed by atoms with Gasteiger partial charge in [0.05, 0.1) is 10.6 Å². The van der Waals surface area contributed by atoms with Crippen LogP contribution in [0, 0.1) is 5.82 Å². The lowest BCUT2D eigenvalue weighted by atomic mass is 10.3. The first kappa shape index (κ1) is 13.8. The number of halogens is 1. The zero-order valence-electron chi connectivity index (χ0n) is 11.0. The smallest absolute Gasteiger partial charge is 0.240 e. The van der Waals surface area contributed by atoms with Crippen LogP contribution >= 0.6 is 0 Å². The van der Waals surface area contributed by atoms with Gasteiger partial charge < -0.3 is 5.73 Å². The molecule has 2 aliphatic rings.